The average Bonchev–Trinajstić information content (AvgIpc) is 3.36. The van der Waals surface area contributed by atoms with Crippen LogP contribution in [0.5, 0.6) is 0 Å². The second-order valence-electron chi connectivity index (χ2n) is 6.35. The number of hydrogen-bond donors (Lipinski definition) is 1. The van der Waals surface area contributed by atoms with Gasteiger partial charge in [-0.15, -0.1) is 28.1 Å². The lowest BCUT2D eigenvalue weighted by molar-refractivity contribution is -0.113. The lowest BCUT2D eigenvalue weighted by Crippen LogP contribution is -2.16. The van der Waals surface area contributed by atoms with Crippen LogP contribution in [0.1, 0.15) is 22.2 Å². The van der Waals surface area contributed by atoms with E-state index in [2.05, 4.69) is 22.1 Å². The SMILES string of the molecule is C=CCn1c(SCC(=O)Nc2sc(CC)cc2C(=O)OC)nnc1-c1cccc(Cl)c1. The van der Waals surface area contributed by atoms with Crippen LogP contribution in [0.25, 0.3) is 11.4 Å². The monoisotopic (exact) mass is 476 g/mol. The zero-order chi connectivity index (χ0) is 22.4. The first-order chi connectivity index (χ1) is 15.0. The number of esters is 1. The Morgan fingerprint density at radius 1 is 1.35 bits per heavy atom. The first-order valence-electron chi connectivity index (χ1n) is 9.40. The molecule has 0 radical (unpaired) electrons. The fourth-order valence-corrected chi connectivity index (χ4v) is 4.73. The highest BCUT2D eigenvalue weighted by Crippen LogP contribution is 2.30. The summed E-state index contributed by atoms with van der Waals surface area (Å²) in [5.41, 5.74) is 1.19. The first-order valence-corrected chi connectivity index (χ1v) is 11.6. The maximum absolute atomic E-state index is 12.6. The molecular formula is C21H21ClN4O3S2. The standard InChI is InChI=1S/C21H21ClN4O3S2/c1-4-9-26-18(13-7-6-8-14(22)10-13)24-25-21(26)30-12-17(27)23-19-16(20(28)29-3)11-15(5-2)31-19/h4,6-8,10-11H,1,5,9,12H2,2-3H3,(H,23,27). The smallest absolute Gasteiger partial charge is 0.340 e. The summed E-state index contributed by atoms with van der Waals surface area (Å²) in [7, 11) is 1.32. The molecule has 0 unspecified atom stereocenters. The van der Waals surface area contributed by atoms with E-state index in [-0.39, 0.29) is 11.7 Å². The fourth-order valence-electron chi connectivity index (χ4n) is 2.79. The molecule has 0 aliphatic rings. The number of thioether (sulfide) groups is 1. The molecule has 0 atom stereocenters. The van der Waals surface area contributed by atoms with Crippen molar-refractivity contribution in [2.45, 2.75) is 25.0 Å². The molecule has 0 bridgehead atoms. The molecule has 0 spiro atoms. The number of benzene rings is 1. The van der Waals surface area contributed by atoms with E-state index in [4.69, 9.17) is 16.3 Å². The van der Waals surface area contributed by atoms with E-state index >= 15 is 0 Å². The normalized spacial score (nSPS) is 10.7. The number of allylic oxidation sites excluding steroid dienone is 1. The number of halogens is 1. The van der Waals surface area contributed by atoms with Crippen molar-refractivity contribution in [3.63, 3.8) is 0 Å². The lowest BCUT2D eigenvalue weighted by Gasteiger charge is -2.08. The largest absolute Gasteiger partial charge is 0.465 e. The molecule has 0 saturated carbocycles. The van der Waals surface area contributed by atoms with Gasteiger partial charge in [0.05, 0.1) is 18.4 Å². The van der Waals surface area contributed by atoms with Crippen LogP contribution in [-0.2, 0) is 22.5 Å². The molecule has 3 aromatic rings. The summed E-state index contributed by atoms with van der Waals surface area (Å²) < 4.78 is 6.68. The molecule has 0 saturated heterocycles. The van der Waals surface area contributed by atoms with Gasteiger partial charge in [-0.2, -0.15) is 0 Å². The van der Waals surface area contributed by atoms with Crippen molar-refractivity contribution >= 4 is 51.6 Å². The summed E-state index contributed by atoms with van der Waals surface area (Å²) in [6, 6.07) is 9.08. The Hall–Kier alpha value is -2.62. The van der Waals surface area contributed by atoms with Gasteiger partial charge in [-0.25, -0.2) is 4.79 Å². The third-order valence-electron chi connectivity index (χ3n) is 4.23. The lowest BCUT2D eigenvalue weighted by atomic mass is 10.2. The van der Waals surface area contributed by atoms with Gasteiger partial charge in [0.25, 0.3) is 0 Å². The quantitative estimate of drug-likeness (QED) is 0.268. The number of nitrogens with one attached hydrogen (secondary N) is 1. The Kier molecular flexibility index (Phi) is 7.89. The zero-order valence-electron chi connectivity index (χ0n) is 17.1. The van der Waals surface area contributed by atoms with Crippen molar-refractivity contribution in [3.05, 3.63) is 58.5 Å². The van der Waals surface area contributed by atoms with E-state index in [0.717, 1.165) is 16.9 Å². The predicted molar refractivity (Wildman–Crippen MR) is 125 cm³/mol. The summed E-state index contributed by atoms with van der Waals surface area (Å²) in [6.45, 7) is 6.26. The molecule has 162 valence electrons. The fraction of sp³-hybridized carbons (Fsp3) is 0.238. The van der Waals surface area contributed by atoms with Crippen LogP contribution in [0.3, 0.4) is 0 Å². The number of aryl methyl sites for hydroxylation is 1. The molecule has 1 N–H and O–H groups in total. The van der Waals surface area contributed by atoms with Gasteiger partial charge in [-0.05, 0) is 24.6 Å². The van der Waals surface area contributed by atoms with Crippen LogP contribution in [0.4, 0.5) is 5.00 Å². The maximum Gasteiger partial charge on any atom is 0.340 e. The zero-order valence-corrected chi connectivity index (χ0v) is 19.4. The summed E-state index contributed by atoms with van der Waals surface area (Å²) in [5, 5.41) is 13.0. The summed E-state index contributed by atoms with van der Waals surface area (Å²) in [4.78, 5) is 25.5. The minimum absolute atomic E-state index is 0.102. The van der Waals surface area contributed by atoms with Gasteiger partial charge in [0.15, 0.2) is 11.0 Å². The summed E-state index contributed by atoms with van der Waals surface area (Å²) >= 11 is 8.72. The number of rotatable bonds is 9. The Bertz CT molecular complexity index is 1110. The second-order valence-corrected chi connectivity index (χ2v) is 8.87. The van der Waals surface area contributed by atoms with Crippen molar-refractivity contribution < 1.29 is 14.3 Å². The van der Waals surface area contributed by atoms with E-state index in [1.807, 2.05) is 29.7 Å². The van der Waals surface area contributed by atoms with Crippen LogP contribution >= 0.6 is 34.7 Å². The van der Waals surface area contributed by atoms with Crippen LogP contribution < -0.4 is 5.32 Å². The Morgan fingerprint density at radius 2 is 2.16 bits per heavy atom. The molecule has 2 heterocycles. The maximum atomic E-state index is 12.6. The van der Waals surface area contributed by atoms with Crippen molar-refractivity contribution in [1.29, 1.82) is 0 Å². The number of carbonyl (C=O) groups is 2. The highest BCUT2D eigenvalue weighted by Gasteiger charge is 2.19. The van der Waals surface area contributed by atoms with Gasteiger partial charge in [-0.3, -0.25) is 9.36 Å². The predicted octanol–water partition coefficient (Wildman–Crippen LogP) is 4.93. The number of nitrogens with zero attached hydrogens (tertiary/aromatic N) is 3. The second kappa shape index (κ2) is 10.6. The number of amides is 1. The number of ether oxygens (including phenoxy) is 1. The molecule has 7 nitrogen and oxygen atoms in total. The van der Waals surface area contributed by atoms with Crippen molar-refractivity contribution in [2.75, 3.05) is 18.2 Å². The van der Waals surface area contributed by atoms with Gasteiger partial charge in [0.1, 0.15) is 5.00 Å². The van der Waals surface area contributed by atoms with E-state index < -0.39 is 5.97 Å². The number of anilines is 1. The minimum atomic E-state index is -0.476. The van der Waals surface area contributed by atoms with Crippen LogP contribution in [0.15, 0.2) is 48.1 Å². The van der Waals surface area contributed by atoms with E-state index in [1.165, 1.54) is 30.2 Å². The summed E-state index contributed by atoms with van der Waals surface area (Å²) in [5.74, 6) is 0.0159. The molecule has 0 aliphatic carbocycles. The molecule has 3 rings (SSSR count). The number of methoxy groups -OCH3 is 1. The summed E-state index contributed by atoms with van der Waals surface area (Å²) in [6.07, 6.45) is 2.50. The Balaban J connectivity index is 1.74. The number of carbonyl (C=O) groups excluding carboxylic acids is 2. The average molecular weight is 477 g/mol. The van der Waals surface area contributed by atoms with Crippen LogP contribution in [0, 0.1) is 0 Å². The molecule has 2 aromatic heterocycles. The van der Waals surface area contributed by atoms with Crippen molar-refractivity contribution in [2.24, 2.45) is 0 Å². The van der Waals surface area contributed by atoms with Gasteiger partial charge in [0.2, 0.25) is 5.91 Å². The third-order valence-corrected chi connectivity index (χ3v) is 6.63. The first kappa shape index (κ1) is 23.1. The van der Waals surface area contributed by atoms with Crippen LogP contribution in [0.2, 0.25) is 5.02 Å². The number of hydrogen-bond acceptors (Lipinski definition) is 7. The van der Waals surface area contributed by atoms with Crippen LogP contribution in [-0.4, -0.2) is 39.5 Å². The molecular weight excluding hydrogens is 456 g/mol. The van der Waals surface area contributed by atoms with E-state index in [0.29, 0.717) is 33.1 Å². The Morgan fingerprint density at radius 3 is 2.84 bits per heavy atom. The third kappa shape index (κ3) is 5.55. The molecule has 1 aromatic carbocycles. The minimum Gasteiger partial charge on any atom is -0.465 e. The molecule has 0 aliphatic heterocycles. The van der Waals surface area contributed by atoms with Gasteiger partial charge in [0, 0.05) is 22.0 Å². The highest BCUT2D eigenvalue weighted by molar-refractivity contribution is 7.99. The van der Waals surface area contributed by atoms with Gasteiger partial charge in [-0.1, -0.05) is 48.5 Å². The molecule has 10 heteroatoms. The number of aromatic nitrogens is 3. The molecule has 31 heavy (non-hydrogen) atoms. The van der Waals surface area contributed by atoms with E-state index in [1.54, 1.807) is 18.2 Å². The van der Waals surface area contributed by atoms with Crippen molar-refractivity contribution in [3.8, 4) is 11.4 Å². The van der Waals surface area contributed by atoms with E-state index in [9.17, 15) is 9.59 Å². The topological polar surface area (TPSA) is 86.1 Å². The number of thiophene rings is 1. The molecule has 0 fully saturated rings. The highest BCUT2D eigenvalue weighted by atomic mass is 35.5. The molecule has 1 amide bonds. The van der Waals surface area contributed by atoms with Crippen molar-refractivity contribution in [1.82, 2.24) is 14.8 Å². The van der Waals surface area contributed by atoms with Gasteiger partial charge >= 0.3 is 5.97 Å². The Labute approximate surface area is 193 Å². The van der Waals surface area contributed by atoms with Gasteiger partial charge < -0.3 is 10.1 Å².